The van der Waals surface area contributed by atoms with Crippen LogP contribution >= 0.6 is 11.3 Å². The van der Waals surface area contributed by atoms with Crippen molar-refractivity contribution >= 4 is 39.9 Å². The van der Waals surface area contributed by atoms with Crippen LogP contribution in [0.1, 0.15) is 17.4 Å². The molecule has 0 aliphatic heterocycles. The van der Waals surface area contributed by atoms with E-state index in [1.165, 1.54) is 18.3 Å². The fourth-order valence-corrected chi connectivity index (χ4v) is 3.50. The molecule has 4 aromatic rings. The molecule has 3 N–H and O–H groups in total. The van der Waals surface area contributed by atoms with Crippen molar-refractivity contribution in [2.75, 3.05) is 5.32 Å². The number of carbonyl (C=O) groups excluding carboxylic acids is 2. The Morgan fingerprint density at radius 2 is 1.86 bits per heavy atom. The van der Waals surface area contributed by atoms with E-state index in [-0.39, 0.29) is 11.4 Å². The highest BCUT2D eigenvalue weighted by Crippen LogP contribution is 2.24. The number of imidazole rings is 1. The molecule has 0 spiro atoms. The minimum absolute atomic E-state index is 0.153. The molecule has 0 unspecified atom stereocenters. The van der Waals surface area contributed by atoms with Crippen LogP contribution in [0.4, 0.5) is 5.69 Å². The van der Waals surface area contributed by atoms with E-state index in [1.807, 2.05) is 30.3 Å². The molecule has 2 aromatic carbocycles. The summed E-state index contributed by atoms with van der Waals surface area (Å²) in [7, 11) is 0. The lowest BCUT2D eigenvalue weighted by Gasteiger charge is -2.12. The molecule has 0 radical (unpaired) electrons. The molecule has 146 valence electrons. The van der Waals surface area contributed by atoms with Crippen LogP contribution in [0, 0.1) is 0 Å². The van der Waals surface area contributed by atoms with Crippen LogP contribution in [0.25, 0.3) is 21.6 Å². The maximum atomic E-state index is 12.4. The molecule has 0 aliphatic rings. The number of thiazole rings is 1. The first-order valence-corrected chi connectivity index (χ1v) is 9.62. The average molecular weight is 408 g/mol. The number of aromatic nitrogens is 3. The van der Waals surface area contributed by atoms with Gasteiger partial charge in [0.1, 0.15) is 5.01 Å². The SMILES string of the molecule is C[C@@H](OC(=O)c1csc(-c2ccccc2)n1)C(=O)Nc1ccc2[nH]c(=O)[nH]c2c1. The minimum Gasteiger partial charge on any atom is -0.448 e. The van der Waals surface area contributed by atoms with Gasteiger partial charge in [0.2, 0.25) is 0 Å². The van der Waals surface area contributed by atoms with Crippen molar-refractivity contribution < 1.29 is 14.3 Å². The molecule has 2 aromatic heterocycles. The highest BCUT2D eigenvalue weighted by Gasteiger charge is 2.21. The summed E-state index contributed by atoms with van der Waals surface area (Å²) in [5.74, 6) is -1.16. The number of esters is 1. The van der Waals surface area contributed by atoms with Gasteiger partial charge in [-0.25, -0.2) is 14.6 Å². The van der Waals surface area contributed by atoms with Crippen LogP contribution in [0.5, 0.6) is 0 Å². The second-order valence-electron chi connectivity index (χ2n) is 6.28. The van der Waals surface area contributed by atoms with Gasteiger partial charge in [-0.3, -0.25) is 4.79 Å². The second-order valence-corrected chi connectivity index (χ2v) is 7.14. The van der Waals surface area contributed by atoms with Gasteiger partial charge in [0.15, 0.2) is 11.8 Å². The fraction of sp³-hybridized carbons (Fsp3) is 0.100. The van der Waals surface area contributed by atoms with Crippen LogP contribution in [0.3, 0.4) is 0 Å². The Morgan fingerprint density at radius 3 is 2.66 bits per heavy atom. The van der Waals surface area contributed by atoms with Crippen LogP contribution in [0.2, 0.25) is 0 Å². The number of ether oxygens (including phenoxy) is 1. The fourth-order valence-electron chi connectivity index (χ4n) is 2.71. The molecular formula is C20H16N4O4S. The van der Waals surface area contributed by atoms with Gasteiger partial charge < -0.3 is 20.0 Å². The summed E-state index contributed by atoms with van der Waals surface area (Å²) in [6.45, 7) is 1.48. The van der Waals surface area contributed by atoms with Crippen molar-refractivity contribution in [1.29, 1.82) is 0 Å². The smallest absolute Gasteiger partial charge is 0.358 e. The van der Waals surface area contributed by atoms with Crippen molar-refractivity contribution in [3.05, 3.63) is 70.1 Å². The number of carbonyl (C=O) groups is 2. The molecular weight excluding hydrogens is 392 g/mol. The summed E-state index contributed by atoms with van der Waals surface area (Å²) in [6, 6.07) is 14.4. The predicted molar refractivity (Wildman–Crippen MR) is 110 cm³/mol. The largest absolute Gasteiger partial charge is 0.448 e. The summed E-state index contributed by atoms with van der Waals surface area (Å²) in [5.41, 5.74) is 2.39. The lowest BCUT2D eigenvalue weighted by Crippen LogP contribution is -2.30. The third kappa shape index (κ3) is 4.09. The van der Waals surface area contributed by atoms with Gasteiger partial charge in [-0.2, -0.15) is 0 Å². The van der Waals surface area contributed by atoms with Gasteiger partial charge in [0, 0.05) is 16.6 Å². The third-order valence-electron chi connectivity index (χ3n) is 4.17. The average Bonchev–Trinajstić information content (AvgIpc) is 3.34. The topological polar surface area (TPSA) is 117 Å². The normalized spacial score (nSPS) is 11.9. The molecule has 0 fully saturated rings. The summed E-state index contributed by atoms with van der Waals surface area (Å²) in [5, 5.41) is 4.96. The Labute approximate surface area is 168 Å². The number of amides is 1. The van der Waals surface area contributed by atoms with Crippen molar-refractivity contribution in [3.8, 4) is 10.6 Å². The highest BCUT2D eigenvalue weighted by molar-refractivity contribution is 7.13. The Kier molecular flexibility index (Phi) is 4.96. The second kappa shape index (κ2) is 7.72. The highest BCUT2D eigenvalue weighted by atomic mass is 32.1. The molecule has 2 heterocycles. The number of fused-ring (bicyclic) bond motifs is 1. The Morgan fingerprint density at radius 1 is 1.10 bits per heavy atom. The number of anilines is 1. The standard InChI is InChI=1S/C20H16N4O4S/c1-11(17(25)21-13-7-8-14-15(9-13)24-20(27)23-14)28-19(26)16-10-29-18(22-16)12-5-3-2-4-6-12/h2-11H,1H3,(H,21,25)(H2,23,24,27)/t11-/m1/s1. The molecule has 1 amide bonds. The number of rotatable bonds is 5. The summed E-state index contributed by atoms with van der Waals surface area (Å²) in [4.78, 5) is 45.5. The molecule has 9 heteroatoms. The van der Waals surface area contributed by atoms with Gasteiger partial charge in [0.25, 0.3) is 5.91 Å². The first-order chi connectivity index (χ1) is 14.0. The quantitative estimate of drug-likeness (QED) is 0.439. The summed E-state index contributed by atoms with van der Waals surface area (Å²) >= 11 is 1.33. The number of hydrogen-bond donors (Lipinski definition) is 3. The van der Waals surface area contributed by atoms with Gasteiger partial charge in [-0.05, 0) is 25.1 Å². The van der Waals surface area contributed by atoms with Crippen molar-refractivity contribution in [2.24, 2.45) is 0 Å². The minimum atomic E-state index is -1.02. The lowest BCUT2D eigenvalue weighted by molar-refractivity contribution is -0.123. The Hall–Kier alpha value is -3.72. The number of hydrogen-bond acceptors (Lipinski definition) is 6. The molecule has 8 nitrogen and oxygen atoms in total. The van der Waals surface area contributed by atoms with E-state index in [0.29, 0.717) is 21.7 Å². The van der Waals surface area contributed by atoms with E-state index in [1.54, 1.807) is 23.6 Å². The van der Waals surface area contributed by atoms with Crippen molar-refractivity contribution in [1.82, 2.24) is 15.0 Å². The number of nitrogens with one attached hydrogen (secondary N) is 3. The lowest BCUT2D eigenvalue weighted by atomic mass is 10.2. The van der Waals surface area contributed by atoms with E-state index in [0.717, 1.165) is 5.56 Å². The Balaban J connectivity index is 1.40. The van der Waals surface area contributed by atoms with Gasteiger partial charge in [0.05, 0.1) is 11.0 Å². The Bertz CT molecular complexity index is 1240. The van der Waals surface area contributed by atoms with Crippen LogP contribution < -0.4 is 11.0 Å². The molecule has 4 rings (SSSR count). The van der Waals surface area contributed by atoms with E-state index < -0.39 is 18.0 Å². The van der Waals surface area contributed by atoms with Crippen LogP contribution in [0.15, 0.2) is 58.7 Å². The van der Waals surface area contributed by atoms with Crippen molar-refractivity contribution in [2.45, 2.75) is 13.0 Å². The zero-order valence-electron chi connectivity index (χ0n) is 15.3. The monoisotopic (exact) mass is 408 g/mol. The van der Waals surface area contributed by atoms with E-state index in [2.05, 4.69) is 20.3 Å². The molecule has 0 saturated carbocycles. The van der Waals surface area contributed by atoms with Gasteiger partial charge in [-0.1, -0.05) is 30.3 Å². The van der Waals surface area contributed by atoms with Crippen molar-refractivity contribution in [3.63, 3.8) is 0 Å². The van der Waals surface area contributed by atoms with E-state index >= 15 is 0 Å². The first kappa shape index (κ1) is 18.6. The third-order valence-corrected chi connectivity index (χ3v) is 5.06. The number of aromatic amines is 2. The molecule has 0 saturated heterocycles. The molecule has 0 bridgehead atoms. The van der Waals surface area contributed by atoms with Gasteiger partial charge in [-0.15, -0.1) is 11.3 Å². The zero-order chi connectivity index (χ0) is 20.4. The maximum absolute atomic E-state index is 12.4. The summed E-state index contributed by atoms with van der Waals surface area (Å²) < 4.78 is 5.24. The van der Waals surface area contributed by atoms with Crippen LogP contribution in [-0.4, -0.2) is 32.9 Å². The molecule has 1 atom stereocenters. The summed E-state index contributed by atoms with van der Waals surface area (Å²) in [6.07, 6.45) is -1.02. The maximum Gasteiger partial charge on any atom is 0.358 e. The zero-order valence-corrected chi connectivity index (χ0v) is 16.1. The number of H-pyrrole nitrogens is 2. The molecule has 0 aliphatic carbocycles. The van der Waals surface area contributed by atoms with Crippen LogP contribution in [-0.2, 0) is 9.53 Å². The van der Waals surface area contributed by atoms with E-state index in [9.17, 15) is 14.4 Å². The number of nitrogens with zero attached hydrogens (tertiary/aromatic N) is 1. The van der Waals surface area contributed by atoms with Gasteiger partial charge >= 0.3 is 11.7 Å². The molecule has 29 heavy (non-hydrogen) atoms. The first-order valence-electron chi connectivity index (χ1n) is 8.74. The number of benzene rings is 2. The predicted octanol–water partition coefficient (Wildman–Crippen LogP) is 3.16. The van der Waals surface area contributed by atoms with E-state index in [4.69, 9.17) is 4.74 Å².